The van der Waals surface area contributed by atoms with Crippen LogP contribution in [0.3, 0.4) is 0 Å². The Balaban J connectivity index is 2.16. The first-order valence-electron chi connectivity index (χ1n) is 6.02. The number of nitrogens with one attached hydrogen (secondary N) is 1. The first-order chi connectivity index (χ1) is 9.19. The van der Waals surface area contributed by atoms with Gasteiger partial charge >= 0.3 is 0 Å². The summed E-state index contributed by atoms with van der Waals surface area (Å²) in [5, 5.41) is 4.65. The molecule has 0 atom stereocenters. The van der Waals surface area contributed by atoms with E-state index in [1.54, 1.807) is 24.0 Å². The molecule has 100 valence electrons. The van der Waals surface area contributed by atoms with Crippen molar-refractivity contribution < 1.29 is 0 Å². The number of aromatic nitrogens is 1. The Labute approximate surface area is 127 Å². The number of benzene rings is 1. The van der Waals surface area contributed by atoms with E-state index in [0.29, 0.717) is 10.0 Å². The van der Waals surface area contributed by atoms with Crippen molar-refractivity contribution in [2.75, 3.05) is 11.9 Å². The molecular weight excluding hydrogens is 299 g/mol. The molecule has 2 aromatic rings. The van der Waals surface area contributed by atoms with Crippen LogP contribution in [0.2, 0.25) is 10.0 Å². The molecule has 0 amide bonds. The molecule has 0 aliphatic heterocycles. The molecule has 0 spiro atoms. The van der Waals surface area contributed by atoms with Crippen LogP contribution in [0.4, 0.5) is 5.82 Å². The Morgan fingerprint density at radius 1 is 1.21 bits per heavy atom. The lowest BCUT2D eigenvalue weighted by molar-refractivity contribution is 0.967. The van der Waals surface area contributed by atoms with Crippen molar-refractivity contribution in [1.29, 1.82) is 0 Å². The molecular formula is C14H14Cl2N2S. The number of anilines is 1. The summed E-state index contributed by atoms with van der Waals surface area (Å²) in [6.45, 7) is 3.04. The van der Waals surface area contributed by atoms with E-state index in [4.69, 9.17) is 23.2 Å². The van der Waals surface area contributed by atoms with Gasteiger partial charge in [-0.05, 0) is 36.8 Å². The standard InChI is InChI=1S/C14H14Cl2N2S/c1-2-6-17-14-9-11(5-7-18-14)19-13-8-10(15)3-4-12(13)16/h3-5,7-9H,2,6H2,1H3,(H,17,18). The van der Waals surface area contributed by atoms with Crippen molar-refractivity contribution in [2.45, 2.75) is 23.1 Å². The van der Waals surface area contributed by atoms with Gasteiger partial charge in [0.25, 0.3) is 0 Å². The normalized spacial score (nSPS) is 10.5. The van der Waals surface area contributed by atoms with E-state index in [1.165, 1.54) is 0 Å². The van der Waals surface area contributed by atoms with Gasteiger partial charge in [-0.2, -0.15) is 0 Å². The molecule has 0 saturated heterocycles. The average molecular weight is 313 g/mol. The van der Waals surface area contributed by atoms with Crippen LogP contribution < -0.4 is 5.32 Å². The number of hydrogen-bond donors (Lipinski definition) is 1. The van der Waals surface area contributed by atoms with E-state index in [1.807, 2.05) is 24.3 Å². The Bertz CT molecular complexity index is 561. The second-order valence-corrected chi connectivity index (χ2v) is 5.94. The fourth-order valence-electron chi connectivity index (χ4n) is 1.51. The highest BCUT2D eigenvalue weighted by molar-refractivity contribution is 7.99. The van der Waals surface area contributed by atoms with Crippen LogP contribution in [0.25, 0.3) is 0 Å². The highest BCUT2D eigenvalue weighted by atomic mass is 35.5. The molecule has 0 unspecified atom stereocenters. The zero-order valence-corrected chi connectivity index (χ0v) is 12.8. The van der Waals surface area contributed by atoms with Crippen LogP contribution in [0, 0.1) is 0 Å². The highest BCUT2D eigenvalue weighted by Gasteiger charge is 2.05. The second-order valence-electron chi connectivity index (χ2n) is 3.98. The predicted molar refractivity (Wildman–Crippen MR) is 83.6 cm³/mol. The van der Waals surface area contributed by atoms with Crippen molar-refractivity contribution >= 4 is 40.8 Å². The van der Waals surface area contributed by atoms with Gasteiger partial charge < -0.3 is 5.32 Å². The monoisotopic (exact) mass is 312 g/mol. The van der Waals surface area contributed by atoms with Gasteiger partial charge in [-0.1, -0.05) is 41.9 Å². The van der Waals surface area contributed by atoms with E-state index in [9.17, 15) is 0 Å². The number of pyridine rings is 1. The van der Waals surface area contributed by atoms with Gasteiger partial charge in [0.1, 0.15) is 5.82 Å². The van der Waals surface area contributed by atoms with E-state index >= 15 is 0 Å². The summed E-state index contributed by atoms with van der Waals surface area (Å²) in [5.74, 6) is 0.880. The van der Waals surface area contributed by atoms with Gasteiger partial charge in [0.15, 0.2) is 0 Å². The molecule has 0 aliphatic rings. The highest BCUT2D eigenvalue weighted by Crippen LogP contribution is 2.35. The van der Waals surface area contributed by atoms with Gasteiger partial charge in [-0.15, -0.1) is 0 Å². The summed E-state index contributed by atoms with van der Waals surface area (Å²) in [4.78, 5) is 6.30. The Kier molecular flexibility index (Phi) is 5.37. The van der Waals surface area contributed by atoms with Gasteiger partial charge in [-0.25, -0.2) is 4.98 Å². The molecule has 1 N–H and O–H groups in total. The molecule has 1 aromatic heterocycles. The Hall–Kier alpha value is -0.900. The van der Waals surface area contributed by atoms with Crippen molar-refractivity contribution in [1.82, 2.24) is 4.98 Å². The van der Waals surface area contributed by atoms with Crippen molar-refractivity contribution in [3.8, 4) is 0 Å². The molecule has 2 nitrogen and oxygen atoms in total. The molecule has 0 saturated carbocycles. The quantitative estimate of drug-likeness (QED) is 0.804. The van der Waals surface area contributed by atoms with E-state index in [-0.39, 0.29) is 0 Å². The largest absolute Gasteiger partial charge is 0.370 e. The summed E-state index contributed by atoms with van der Waals surface area (Å²) in [7, 11) is 0. The lowest BCUT2D eigenvalue weighted by Crippen LogP contribution is -2.01. The molecule has 1 heterocycles. The molecule has 0 fully saturated rings. The third-order valence-corrected chi connectivity index (χ3v) is 4.13. The Morgan fingerprint density at radius 2 is 2.05 bits per heavy atom. The Morgan fingerprint density at radius 3 is 2.84 bits per heavy atom. The van der Waals surface area contributed by atoms with E-state index < -0.39 is 0 Å². The predicted octanol–water partition coefficient (Wildman–Crippen LogP) is 5.36. The number of hydrogen-bond acceptors (Lipinski definition) is 3. The van der Waals surface area contributed by atoms with Crippen LogP contribution in [0.5, 0.6) is 0 Å². The first kappa shape index (κ1) is 14.5. The fourth-order valence-corrected chi connectivity index (χ4v) is 2.88. The molecule has 19 heavy (non-hydrogen) atoms. The molecule has 2 rings (SSSR count). The number of halogens is 2. The lowest BCUT2D eigenvalue weighted by atomic mass is 10.4. The molecule has 0 aliphatic carbocycles. The minimum absolute atomic E-state index is 0.685. The third-order valence-electron chi connectivity index (χ3n) is 2.41. The van der Waals surface area contributed by atoms with Crippen LogP contribution in [-0.4, -0.2) is 11.5 Å². The maximum atomic E-state index is 6.16. The summed E-state index contributed by atoms with van der Waals surface area (Å²) in [6, 6.07) is 9.43. The van der Waals surface area contributed by atoms with Gasteiger partial charge in [0.2, 0.25) is 0 Å². The van der Waals surface area contributed by atoms with Crippen LogP contribution >= 0.6 is 35.0 Å². The zero-order chi connectivity index (χ0) is 13.7. The van der Waals surface area contributed by atoms with E-state index in [0.717, 1.165) is 28.6 Å². The molecule has 0 bridgehead atoms. The zero-order valence-electron chi connectivity index (χ0n) is 10.5. The van der Waals surface area contributed by atoms with Crippen molar-refractivity contribution in [3.05, 3.63) is 46.6 Å². The van der Waals surface area contributed by atoms with Crippen molar-refractivity contribution in [3.63, 3.8) is 0 Å². The maximum Gasteiger partial charge on any atom is 0.127 e. The number of nitrogens with zero attached hydrogens (tertiary/aromatic N) is 1. The smallest absolute Gasteiger partial charge is 0.127 e. The minimum atomic E-state index is 0.685. The second kappa shape index (κ2) is 7.04. The van der Waals surface area contributed by atoms with Gasteiger partial charge in [0, 0.05) is 27.6 Å². The summed E-state index contributed by atoms with van der Waals surface area (Å²) >= 11 is 13.7. The van der Waals surface area contributed by atoms with Crippen LogP contribution in [0.1, 0.15) is 13.3 Å². The summed E-state index contributed by atoms with van der Waals surface area (Å²) < 4.78 is 0. The van der Waals surface area contributed by atoms with Gasteiger partial charge in [-0.3, -0.25) is 0 Å². The maximum absolute atomic E-state index is 6.16. The average Bonchev–Trinajstić information content (AvgIpc) is 2.41. The lowest BCUT2D eigenvalue weighted by Gasteiger charge is -2.07. The van der Waals surface area contributed by atoms with Crippen LogP contribution in [-0.2, 0) is 0 Å². The minimum Gasteiger partial charge on any atom is -0.370 e. The van der Waals surface area contributed by atoms with E-state index in [2.05, 4.69) is 17.2 Å². The number of rotatable bonds is 5. The SMILES string of the molecule is CCCNc1cc(Sc2cc(Cl)ccc2Cl)ccn1. The molecule has 0 radical (unpaired) electrons. The first-order valence-corrected chi connectivity index (χ1v) is 7.59. The fraction of sp³-hybridized carbons (Fsp3) is 0.214. The molecule has 1 aromatic carbocycles. The topological polar surface area (TPSA) is 24.9 Å². The van der Waals surface area contributed by atoms with Crippen molar-refractivity contribution in [2.24, 2.45) is 0 Å². The van der Waals surface area contributed by atoms with Crippen LogP contribution in [0.15, 0.2) is 46.3 Å². The third kappa shape index (κ3) is 4.30. The molecule has 5 heteroatoms. The summed E-state index contributed by atoms with van der Waals surface area (Å²) in [6.07, 6.45) is 2.86. The van der Waals surface area contributed by atoms with Gasteiger partial charge in [0.05, 0.1) is 5.02 Å². The summed E-state index contributed by atoms with van der Waals surface area (Å²) in [5.41, 5.74) is 0.